The standard InChI is InChI=1S/C8H9ClFNO/c9-6-3-1-2-5(8(6)10)7(11)4-12/h1-3,7,12H,4,11H2/t7-/m0/s1. The van der Waals surface area contributed by atoms with Gasteiger partial charge in [0.05, 0.1) is 17.7 Å². The van der Waals surface area contributed by atoms with Crippen molar-refractivity contribution in [2.24, 2.45) is 5.73 Å². The third-order valence-electron chi connectivity index (χ3n) is 1.58. The lowest BCUT2D eigenvalue weighted by atomic mass is 10.1. The molecule has 3 N–H and O–H groups in total. The summed E-state index contributed by atoms with van der Waals surface area (Å²) in [6.45, 7) is -0.294. The van der Waals surface area contributed by atoms with Crippen molar-refractivity contribution in [1.82, 2.24) is 0 Å². The van der Waals surface area contributed by atoms with Crippen molar-refractivity contribution in [1.29, 1.82) is 0 Å². The van der Waals surface area contributed by atoms with E-state index in [1.54, 1.807) is 6.07 Å². The normalized spacial score (nSPS) is 13.0. The minimum Gasteiger partial charge on any atom is -0.394 e. The van der Waals surface area contributed by atoms with Crippen LogP contribution < -0.4 is 5.73 Å². The van der Waals surface area contributed by atoms with Gasteiger partial charge in [0.25, 0.3) is 0 Å². The fourth-order valence-electron chi connectivity index (χ4n) is 0.905. The zero-order valence-corrected chi connectivity index (χ0v) is 7.05. The van der Waals surface area contributed by atoms with E-state index in [9.17, 15) is 4.39 Å². The van der Waals surface area contributed by atoms with Crippen LogP contribution in [0.1, 0.15) is 11.6 Å². The van der Waals surface area contributed by atoms with Gasteiger partial charge in [-0.1, -0.05) is 23.7 Å². The highest BCUT2D eigenvalue weighted by molar-refractivity contribution is 6.30. The van der Waals surface area contributed by atoms with Crippen LogP contribution in [0.3, 0.4) is 0 Å². The summed E-state index contributed by atoms with van der Waals surface area (Å²) in [5.41, 5.74) is 5.66. The van der Waals surface area contributed by atoms with Crippen LogP contribution >= 0.6 is 11.6 Å². The fraction of sp³-hybridized carbons (Fsp3) is 0.250. The number of nitrogens with two attached hydrogens (primary N) is 1. The summed E-state index contributed by atoms with van der Waals surface area (Å²) in [6.07, 6.45) is 0. The van der Waals surface area contributed by atoms with Crippen LogP contribution in [-0.2, 0) is 0 Å². The summed E-state index contributed by atoms with van der Waals surface area (Å²) in [6, 6.07) is 3.83. The van der Waals surface area contributed by atoms with Crippen molar-refractivity contribution < 1.29 is 9.50 Å². The average molecular weight is 190 g/mol. The number of aliphatic hydroxyl groups excluding tert-OH is 1. The Bertz CT molecular complexity index is 280. The summed E-state index contributed by atoms with van der Waals surface area (Å²) in [7, 11) is 0. The Labute approximate surface area is 74.8 Å². The average Bonchev–Trinajstić information content (AvgIpc) is 2.08. The van der Waals surface area contributed by atoms with Crippen molar-refractivity contribution in [3.8, 4) is 0 Å². The molecular weight excluding hydrogens is 181 g/mol. The molecule has 0 aromatic heterocycles. The molecule has 0 aliphatic rings. The van der Waals surface area contributed by atoms with Crippen LogP contribution in [0, 0.1) is 5.82 Å². The molecule has 1 atom stereocenters. The molecule has 12 heavy (non-hydrogen) atoms. The molecule has 1 aromatic carbocycles. The highest BCUT2D eigenvalue weighted by Crippen LogP contribution is 2.21. The van der Waals surface area contributed by atoms with E-state index in [0.717, 1.165) is 0 Å². The first-order valence-corrected chi connectivity index (χ1v) is 3.85. The SMILES string of the molecule is N[C@@H](CO)c1cccc(Cl)c1F. The molecule has 2 nitrogen and oxygen atoms in total. The van der Waals surface area contributed by atoms with E-state index in [-0.39, 0.29) is 17.2 Å². The monoisotopic (exact) mass is 189 g/mol. The molecule has 1 aromatic rings. The Morgan fingerprint density at radius 2 is 2.25 bits per heavy atom. The molecule has 0 amide bonds. The van der Waals surface area contributed by atoms with Gasteiger partial charge in [-0.15, -0.1) is 0 Å². The van der Waals surface area contributed by atoms with Crippen molar-refractivity contribution in [2.45, 2.75) is 6.04 Å². The first-order valence-electron chi connectivity index (χ1n) is 3.47. The number of halogens is 2. The topological polar surface area (TPSA) is 46.2 Å². The second-order valence-corrected chi connectivity index (χ2v) is 2.84. The highest BCUT2D eigenvalue weighted by Gasteiger charge is 2.11. The number of aliphatic hydroxyl groups is 1. The van der Waals surface area contributed by atoms with Gasteiger partial charge in [-0.05, 0) is 6.07 Å². The van der Waals surface area contributed by atoms with E-state index < -0.39 is 11.9 Å². The molecule has 0 heterocycles. The molecule has 0 saturated carbocycles. The molecule has 0 spiro atoms. The molecule has 0 aliphatic carbocycles. The predicted molar refractivity (Wildman–Crippen MR) is 45.4 cm³/mol. The predicted octanol–water partition coefficient (Wildman–Crippen LogP) is 1.47. The third kappa shape index (κ3) is 1.75. The zero-order chi connectivity index (χ0) is 9.14. The minimum absolute atomic E-state index is 0.0244. The van der Waals surface area contributed by atoms with E-state index in [0.29, 0.717) is 0 Å². The molecule has 0 fully saturated rings. The van der Waals surface area contributed by atoms with E-state index in [1.807, 2.05) is 0 Å². The van der Waals surface area contributed by atoms with Crippen LogP contribution in [-0.4, -0.2) is 11.7 Å². The molecular formula is C8H9ClFNO. The van der Waals surface area contributed by atoms with Crippen LogP contribution in [0.4, 0.5) is 4.39 Å². The van der Waals surface area contributed by atoms with E-state index in [2.05, 4.69) is 0 Å². The molecule has 66 valence electrons. The van der Waals surface area contributed by atoms with Crippen LogP contribution in [0.2, 0.25) is 5.02 Å². The smallest absolute Gasteiger partial charge is 0.146 e. The van der Waals surface area contributed by atoms with Crippen LogP contribution in [0.15, 0.2) is 18.2 Å². The van der Waals surface area contributed by atoms with Gasteiger partial charge >= 0.3 is 0 Å². The van der Waals surface area contributed by atoms with Gasteiger partial charge in [0, 0.05) is 5.56 Å². The number of hydrogen-bond acceptors (Lipinski definition) is 2. The first kappa shape index (κ1) is 9.45. The van der Waals surface area contributed by atoms with Crippen molar-refractivity contribution in [3.05, 3.63) is 34.6 Å². The summed E-state index contributed by atoms with van der Waals surface area (Å²) in [4.78, 5) is 0. The van der Waals surface area contributed by atoms with Crippen molar-refractivity contribution in [3.63, 3.8) is 0 Å². The lowest BCUT2D eigenvalue weighted by Crippen LogP contribution is -2.16. The van der Waals surface area contributed by atoms with Gasteiger partial charge in [0.15, 0.2) is 0 Å². The van der Waals surface area contributed by atoms with Crippen LogP contribution in [0.25, 0.3) is 0 Å². The largest absolute Gasteiger partial charge is 0.394 e. The minimum atomic E-state index is -0.705. The van der Waals surface area contributed by atoms with Crippen molar-refractivity contribution in [2.75, 3.05) is 6.61 Å². The van der Waals surface area contributed by atoms with E-state index >= 15 is 0 Å². The maximum atomic E-state index is 13.1. The van der Waals surface area contributed by atoms with Gasteiger partial charge in [-0.2, -0.15) is 0 Å². The van der Waals surface area contributed by atoms with Crippen molar-refractivity contribution >= 4 is 11.6 Å². The maximum absolute atomic E-state index is 13.1. The molecule has 0 radical (unpaired) electrons. The summed E-state index contributed by atoms with van der Waals surface area (Å²) in [5, 5.41) is 8.69. The van der Waals surface area contributed by atoms with Gasteiger partial charge in [-0.3, -0.25) is 0 Å². The second-order valence-electron chi connectivity index (χ2n) is 2.43. The number of benzene rings is 1. The Hall–Kier alpha value is -0.640. The molecule has 4 heteroatoms. The quantitative estimate of drug-likeness (QED) is 0.740. The Balaban J connectivity index is 3.07. The first-order chi connectivity index (χ1) is 5.66. The lowest BCUT2D eigenvalue weighted by Gasteiger charge is -2.09. The lowest BCUT2D eigenvalue weighted by molar-refractivity contribution is 0.265. The Morgan fingerprint density at radius 3 is 2.83 bits per heavy atom. The molecule has 0 bridgehead atoms. The van der Waals surface area contributed by atoms with E-state index in [1.165, 1.54) is 12.1 Å². The van der Waals surface area contributed by atoms with Gasteiger partial charge in [0.1, 0.15) is 5.82 Å². The second kappa shape index (κ2) is 3.85. The fourth-order valence-corrected chi connectivity index (χ4v) is 1.09. The molecule has 0 saturated heterocycles. The Morgan fingerprint density at radius 1 is 1.58 bits per heavy atom. The molecule has 0 unspecified atom stereocenters. The zero-order valence-electron chi connectivity index (χ0n) is 6.30. The summed E-state index contributed by atoms with van der Waals surface area (Å²) in [5.74, 6) is -0.555. The van der Waals surface area contributed by atoms with Gasteiger partial charge in [0.2, 0.25) is 0 Å². The van der Waals surface area contributed by atoms with Gasteiger partial charge in [-0.25, -0.2) is 4.39 Å². The van der Waals surface area contributed by atoms with E-state index in [4.69, 9.17) is 22.4 Å². The number of rotatable bonds is 2. The number of hydrogen-bond donors (Lipinski definition) is 2. The maximum Gasteiger partial charge on any atom is 0.146 e. The van der Waals surface area contributed by atoms with Gasteiger partial charge < -0.3 is 10.8 Å². The Kier molecular flexibility index (Phi) is 3.03. The summed E-state index contributed by atoms with van der Waals surface area (Å²) < 4.78 is 13.1. The molecule has 1 rings (SSSR count). The molecule has 0 aliphatic heterocycles. The third-order valence-corrected chi connectivity index (χ3v) is 1.87. The summed E-state index contributed by atoms with van der Waals surface area (Å²) >= 11 is 5.50. The highest BCUT2D eigenvalue weighted by atomic mass is 35.5. The van der Waals surface area contributed by atoms with Crippen LogP contribution in [0.5, 0.6) is 0 Å².